The number of β-amino-alcohol motifs (C(OH)–C–C–N with tert-alkyl or cyclic N) is 1. The lowest BCUT2D eigenvalue weighted by atomic mass is 10.1. The smallest absolute Gasteiger partial charge is 0.237 e. The number of thioether (sulfide) groups is 1. The summed E-state index contributed by atoms with van der Waals surface area (Å²) >= 11 is 1.48. The van der Waals surface area contributed by atoms with Crippen LogP contribution in [0.5, 0.6) is 0 Å². The maximum absolute atomic E-state index is 11.9. The molecule has 2 unspecified atom stereocenters. The molecular formula is C13H18N2O3S. The second-order valence-corrected chi connectivity index (χ2v) is 5.66. The van der Waals surface area contributed by atoms with Gasteiger partial charge in [-0.15, -0.1) is 11.8 Å². The van der Waals surface area contributed by atoms with Gasteiger partial charge in [-0.2, -0.15) is 0 Å². The Balaban J connectivity index is 2.31. The first-order valence-corrected chi connectivity index (χ1v) is 7.13. The van der Waals surface area contributed by atoms with E-state index in [4.69, 9.17) is 10.8 Å². The summed E-state index contributed by atoms with van der Waals surface area (Å²) in [7, 11) is 0. The summed E-state index contributed by atoms with van der Waals surface area (Å²) < 4.78 is 0. The van der Waals surface area contributed by atoms with Gasteiger partial charge < -0.3 is 20.8 Å². The molecular weight excluding hydrogens is 264 g/mol. The van der Waals surface area contributed by atoms with Crippen molar-refractivity contribution >= 4 is 23.4 Å². The normalized spacial score (nSPS) is 18.1. The van der Waals surface area contributed by atoms with Gasteiger partial charge in [0, 0.05) is 10.9 Å². The van der Waals surface area contributed by atoms with E-state index < -0.39 is 6.10 Å². The van der Waals surface area contributed by atoms with E-state index in [1.165, 1.54) is 16.7 Å². The number of aliphatic hydroxyl groups excluding tert-OH is 2. The molecule has 4 N–H and O–H groups in total. The molecule has 0 aliphatic carbocycles. The minimum Gasteiger partial charge on any atom is -0.394 e. The van der Waals surface area contributed by atoms with Crippen LogP contribution in [0.15, 0.2) is 23.1 Å². The van der Waals surface area contributed by atoms with Gasteiger partial charge in [0.2, 0.25) is 5.91 Å². The van der Waals surface area contributed by atoms with E-state index in [0.29, 0.717) is 5.75 Å². The number of aliphatic hydroxyl groups is 2. The molecule has 2 rings (SSSR count). The Labute approximate surface area is 116 Å². The van der Waals surface area contributed by atoms with Crippen molar-refractivity contribution in [3.8, 4) is 0 Å². The van der Waals surface area contributed by atoms with Gasteiger partial charge in [0.05, 0.1) is 30.7 Å². The summed E-state index contributed by atoms with van der Waals surface area (Å²) in [6.07, 6.45) is -0.923. The molecule has 0 spiro atoms. The van der Waals surface area contributed by atoms with Crippen LogP contribution in [0.4, 0.5) is 5.69 Å². The lowest BCUT2D eigenvalue weighted by Crippen LogP contribution is -2.41. The molecule has 0 saturated heterocycles. The van der Waals surface area contributed by atoms with Crippen molar-refractivity contribution in [1.82, 2.24) is 0 Å². The van der Waals surface area contributed by atoms with Crippen LogP contribution in [0.25, 0.3) is 0 Å². The fourth-order valence-electron chi connectivity index (χ4n) is 1.97. The summed E-state index contributed by atoms with van der Waals surface area (Å²) in [5.74, 6) is 0.284. The summed E-state index contributed by atoms with van der Waals surface area (Å²) in [5, 5.41) is 18.4. The fraction of sp³-hybridized carbons (Fsp3) is 0.462. The number of hydrogen-bond donors (Lipinski definition) is 3. The lowest BCUT2D eigenvalue weighted by Gasteiger charge is -2.30. The van der Waals surface area contributed by atoms with Gasteiger partial charge >= 0.3 is 0 Å². The summed E-state index contributed by atoms with van der Waals surface area (Å²) in [5.41, 5.74) is 7.64. The highest BCUT2D eigenvalue weighted by Crippen LogP contribution is 2.36. The molecule has 1 heterocycles. The second-order valence-electron chi connectivity index (χ2n) is 4.65. The Morgan fingerprint density at radius 2 is 2.26 bits per heavy atom. The van der Waals surface area contributed by atoms with Crippen LogP contribution in [-0.4, -0.2) is 41.1 Å². The molecule has 0 fully saturated rings. The van der Waals surface area contributed by atoms with Crippen molar-refractivity contribution in [2.75, 3.05) is 23.8 Å². The molecule has 1 amide bonds. The Kier molecular flexibility index (Phi) is 4.46. The van der Waals surface area contributed by atoms with E-state index in [2.05, 4.69) is 0 Å². The third kappa shape index (κ3) is 3.09. The summed E-state index contributed by atoms with van der Waals surface area (Å²) in [6, 6.07) is 5.67. The molecule has 0 saturated carbocycles. The molecule has 5 nitrogen and oxygen atoms in total. The maximum atomic E-state index is 11.9. The Hall–Kier alpha value is -1.08. The van der Waals surface area contributed by atoms with Gasteiger partial charge in [-0.25, -0.2) is 0 Å². The van der Waals surface area contributed by atoms with Crippen LogP contribution in [0.1, 0.15) is 18.5 Å². The SMILES string of the molecule is CC(N)c1ccc2c(c1)SCC(=O)N2CC(O)CO. The molecule has 1 aromatic rings. The number of nitrogens with two attached hydrogens (primary N) is 1. The number of fused-ring (bicyclic) bond motifs is 1. The monoisotopic (exact) mass is 282 g/mol. The third-order valence-electron chi connectivity index (χ3n) is 3.06. The van der Waals surface area contributed by atoms with E-state index in [1.807, 2.05) is 25.1 Å². The molecule has 1 aliphatic heterocycles. The predicted molar refractivity (Wildman–Crippen MR) is 75.2 cm³/mol. The first kappa shape index (κ1) is 14.3. The van der Waals surface area contributed by atoms with E-state index in [9.17, 15) is 9.90 Å². The van der Waals surface area contributed by atoms with Gasteiger partial charge in [-0.1, -0.05) is 6.07 Å². The first-order valence-electron chi connectivity index (χ1n) is 6.14. The Morgan fingerprint density at radius 3 is 2.89 bits per heavy atom. The average Bonchev–Trinajstić information content (AvgIpc) is 2.41. The van der Waals surface area contributed by atoms with Gasteiger partial charge in [0.1, 0.15) is 0 Å². The van der Waals surface area contributed by atoms with Crippen LogP contribution in [-0.2, 0) is 4.79 Å². The number of rotatable bonds is 4. The number of carbonyl (C=O) groups excluding carboxylic acids is 1. The molecule has 104 valence electrons. The molecule has 0 radical (unpaired) electrons. The highest BCUT2D eigenvalue weighted by Gasteiger charge is 2.26. The largest absolute Gasteiger partial charge is 0.394 e. The number of carbonyl (C=O) groups is 1. The van der Waals surface area contributed by atoms with Gasteiger partial charge in [-0.3, -0.25) is 4.79 Å². The Morgan fingerprint density at radius 1 is 1.53 bits per heavy atom. The van der Waals surface area contributed by atoms with E-state index in [0.717, 1.165) is 16.1 Å². The van der Waals surface area contributed by atoms with Crippen molar-refractivity contribution in [3.05, 3.63) is 23.8 Å². The molecule has 1 aromatic carbocycles. The second kappa shape index (κ2) is 5.92. The molecule has 2 atom stereocenters. The number of benzene rings is 1. The number of nitrogens with zero attached hydrogens (tertiary/aromatic N) is 1. The zero-order valence-corrected chi connectivity index (χ0v) is 11.6. The van der Waals surface area contributed by atoms with Crippen molar-refractivity contribution in [1.29, 1.82) is 0 Å². The van der Waals surface area contributed by atoms with Gasteiger partial charge in [0.15, 0.2) is 0 Å². The topological polar surface area (TPSA) is 86.8 Å². The predicted octanol–water partition coefficient (Wildman–Crippen LogP) is 0.498. The number of anilines is 1. The molecule has 1 aliphatic rings. The number of hydrogen-bond acceptors (Lipinski definition) is 5. The molecule has 6 heteroatoms. The lowest BCUT2D eigenvalue weighted by molar-refractivity contribution is -0.116. The van der Waals surface area contributed by atoms with Crippen molar-refractivity contribution in [2.24, 2.45) is 5.73 Å². The first-order chi connectivity index (χ1) is 9.02. The van der Waals surface area contributed by atoms with Gasteiger partial charge in [-0.05, 0) is 24.6 Å². The van der Waals surface area contributed by atoms with Gasteiger partial charge in [0.25, 0.3) is 0 Å². The van der Waals surface area contributed by atoms with E-state index >= 15 is 0 Å². The highest BCUT2D eigenvalue weighted by atomic mass is 32.2. The van der Waals surface area contributed by atoms with Crippen molar-refractivity contribution in [3.63, 3.8) is 0 Å². The Bertz CT molecular complexity index is 479. The van der Waals surface area contributed by atoms with Crippen LogP contribution in [0, 0.1) is 0 Å². The van der Waals surface area contributed by atoms with Crippen LogP contribution in [0.2, 0.25) is 0 Å². The summed E-state index contributed by atoms with van der Waals surface area (Å²) in [4.78, 5) is 14.4. The zero-order valence-electron chi connectivity index (χ0n) is 10.7. The van der Waals surface area contributed by atoms with Crippen LogP contribution in [0.3, 0.4) is 0 Å². The third-order valence-corrected chi connectivity index (χ3v) is 4.09. The fourth-order valence-corrected chi connectivity index (χ4v) is 2.95. The van der Waals surface area contributed by atoms with E-state index in [1.54, 1.807) is 0 Å². The zero-order chi connectivity index (χ0) is 14.0. The molecule has 0 bridgehead atoms. The minimum atomic E-state index is -0.923. The minimum absolute atomic E-state index is 0.0555. The standard InChI is InChI=1S/C13H18N2O3S/c1-8(14)9-2-3-11-12(4-9)19-7-13(18)15(11)5-10(17)6-16/h2-4,8,10,16-17H,5-7,14H2,1H3. The maximum Gasteiger partial charge on any atom is 0.237 e. The van der Waals surface area contributed by atoms with Crippen molar-refractivity contribution in [2.45, 2.75) is 24.0 Å². The summed E-state index contributed by atoms with van der Waals surface area (Å²) in [6.45, 7) is 1.66. The van der Waals surface area contributed by atoms with E-state index in [-0.39, 0.29) is 25.1 Å². The number of amides is 1. The van der Waals surface area contributed by atoms with Crippen LogP contribution < -0.4 is 10.6 Å². The molecule has 0 aromatic heterocycles. The highest BCUT2D eigenvalue weighted by molar-refractivity contribution is 8.00. The van der Waals surface area contributed by atoms with Crippen molar-refractivity contribution < 1.29 is 15.0 Å². The van der Waals surface area contributed by atoms with Crippen LogP contribution >= 0.6 is 11.8 Å². The molecule has 19 heavy (non-hydrogen) atoms. The average molecular weight is 282 g/mol. The quantitative estimate of drug-likeness (QED) is 0.748.